The molecule has 0 heterocycles. The molecule has 1 N–H and O–H groups in total. The smallest absolute Gasteiger partial charge is 0.407 e. The van der Waals surface area contributed by atoms with Gasteiger partial charge < -0.3 is 14.8 Å². The van der Waals surface area contributed by atoms with Crippen LogP contribution < -0.4 is 5.32 Å². The summed E-state index contributed by atoms with van der Waals surface area (Å²) in [5.74, 6) is -0.749. The van der Waals surface area contributed by atoms with E-state index < -0.39 is 12.0 Å². The van der Waals surface area contributed by atoms with Gasteiger partial charge in [-0.15, -0.1) is 0 Å². The fraction of sp³-hybridized carbons (Fsp3) is 0.300. The lowest BCUT2D eigenvalue weighted by atomic mass is 9.98. The predicted octanol–water partition coefficient (Wildman–Crippen LogP) is 3.33. The molecule has 1 atom stereocenters. The van der Waals surface area contributed by atoms with Crippen molar-refractivity contribution < 1.29 is 19.1 Å². The molecule has 0 unspecified atom stereocenters. The van der Waals surface area contributed by atoms with Crippen molar-refractivity contribution in [1.29, 1.82) is 0 Å². The Hall–Kier alpha value is -2.82. The number of fused-ring (bicyclic) bond motifs is 3. The standard InChI is InChI=1S/C20H21NO4/c1-13(19(22)24-2)11-21-20(23)25-12-18-16-9-5-3-7-14(16)15-8-4-6-10-17(15)18/h3-10,13,18H,11-12H2,1-2H3,(H,21,23)/t13-/m1/s1. The maximum Gasteiger partial charge on any atom is 0.407 e. The van der Waals surface area contributed by atoms with E-state index in [1.165, 1.54) is 29.4 Å². The fourth-order valence-electron chi connectivity index (χ4n) is 3.17. The summed E-state index contributed by atoms with van der Waals surface area (Å²) in [4.78, 5) is 23.3. The summed E-state index contributed by atoms with van der Waals surface area (Å²) in [6.45, 7) is 2.13. The van der Waals surface area contributed by atoms with Gasteiger partial charge in [0, 0.05) is 12.5 Å². The summed E-state index contributed by atoms with van der Waals surface area (Å²) < 4.78 is 10.0. The molecule has 1 aliphatic carbocycles. The van der Waals surface area contributed by atoms with Gasteiger partial charge in [-0.05, 0) is 22.3 Å². The molecule has 1 aliphatic rings. The highest BCUT2D eigenvalue weighted by Crippen LogP contribution is 2.44. The van der Waals surface area contributed by atoms with Crippen LogP contribution in [0.5, 0.6) is 0 Å². The van der Waals surface area contributed by atoms with Gasteiger partial charge in [-0.3, -0.25) is 4.79 Å². The van der Waals surface area contributed by atoms with Gasteiger partial charge >= 0.3 is 12.1 Å². The molecular weight excluding hydrogens is 318 g/mol. The summed E-state index contributed by atoms with van der Waals surface area (Å²) in [5.41, 5.74) is 4.71. The number of ether oxygens (including phenoxy) is 2. The van der Waals surface area contributed by atoms with Gasteiger partial charge in [0.05, 0.1) is 13.0 Å². The average Bonchev–Trinajstić information content (AvgIpc) is 2.97. The van der Waals surface area contributed by atoms with Crippen LogP contribution in [0.3, 0.4) is 0 Å². The van der Waals surface area contributed by atoms with Crippen LogP contribution in [0.1, 0.15) is 24.0 Å². The lowest BCUT2D eigenvalue weighted by Gasteiger charge is -2.15. The van der Waals surface area contributed by atoms with Crippen LogP contribution in [0.4, 0.5) is 4.79 Å². The molecule has 0 saturated heterocycles. The van der Waals surface area contributed by atoms with Crippen LogP contribution in [0, 0.1) is 5.92 Å². The van der Waals surface area contributed by atoms with Crippen molar-refractivity contribution in [3.63, 3.8) is 0 Å². The van der Waals surface area contributed by atoms with Gasteiger partial charge in [0.25, 0.3) is 0 Å². The Kier molecular flexibility index (Phi) is 5.03. The number of carbonyl (C=O) groups excluding carboxylic acids is 2. The molecular formula is C20H21NO4. The van der Waals surface area contributed by atoms with Gasteiger partial charge in [0.15, 0.2) is 0 Å². The Morgan fingerprint density at radius 3 is 2.16 bits per heavy atom. The SMILES string of the molecule is COC(=O)[C@H](C)CNC(=O)OCC1c2ccccc2-c2ccccc21. The zero-order chi connectivity index (χ0) is 17.8. The normalized spacial score (nSPS) is 13.5. The van der Waals surface area contributed by atoms with E-state index in [1.807, 2.05) is 24.3 Å². The molecule has 5 nitrogen and oxygen atoms in total. The Labute approximate surface area is 147 Å². The second-order valence-corrected chi connectivity index (χ2v) is 6.13. The average molecular weight is 339 g/mol. The summed E-state index contributed by atoms with van der Waals surface area (Å²) in [5, 5.41) is 2.61. The molecule has 0 bridgehead atoms. The zero-order valence-corrected chi connectivity index (χ0v) is 14.3. The molecule has 0 radical (unpaired) electrons. The predicted molar refractivity (Wildman–Crippen MR) is 94.3 cm³/mol. The number of methoxy groups -OCH3 is 1. The Morgan fingerprint density at radius 1 is 1.04 bits per heavy atom. The molecule has 0 spiro atoms. The van der Waals surface area contributed by atoms with E-state index >= 15 is 0 Å². The molecule has 130 valence electrons. The van der Waals surface area contributed by atoms with E-state index in [1.54, 1.807) is 6.92 Å². The second kappa shape index (κ2) is 7.38. The van der Waals surface area contributed by atoms with Gasteiger partial charge in [0.1, 0.15) is 6.61 Å². The van der Waals surface area contributed by atoms with Gasteiger partial charge in [-0.2, -0.15) is 0 Å². The summed E-state index contributed by atoms with van der Waals surface area (Å²) in [6, 6.07) is 16.3. The third-order valence-electron chi connectivity index (χ3n) is 4.50. The van der Waals surface area contributed by atoms with Crippen LogP contribution in [-0.4, -0.2) is 32.3 Å². The number of amides is 1. The lowest BCUT2D eigenvalue weighted by molar-refractivity contribution is -0.144. The minimum absolute atomic E-state index is 0.0242. The quantitative estimate of drug-likeness (QED) is 0.849. The number of carbonyl (C=O) groups is 2. The molecule has 2 aromatic rings. The summed E-state index contributed by atoms with van der Waals surface area (Å²) >= 11 is 0. The first-order valence-corrected chi connectivity index (χ1v) is 8.28. The van der Waals surface area contributed by atoms with Gasteiger partial charge in [-0.1, -0.05) is 55.5 Å². The number of alkyl carbamates (subject to hydrolysis) is 1. The highest BCUT2D eigenvalue weighted by atomic mass is 16.5. The van der Waals surface area contributed by atoms with Crippen molar-refractivity contribution in [2.24, 2.45) is 5.92 Å². The van der Waals surface area contributed by atoms with Gasteiger partial charge in [0.2, 0.25) is 0 Å². The van der Waals surface area contributed by atoms with Crippen molar-refractivity contribution in [1.82, 2.24) is 5.32 Å². The molecule has 0 aliphatic heterocycles. The van der Waals surface area contributed by atoms with Crippen LogP contribution in [0.2, 0.25) is 0 Å². The van der Waals surface area contributed by atoms with E-state index in [4.69, 9.17) is 4.74 Å². The van der Waals surface area contributed by atoms with E-state index in [0.717, 1.165) is 0 Å². The topological polar surface area (TPSA) is 64.6 Å². The van der Waals surface area contributed by atoms with E-state index in [2.05, 4.69) is 34.3 Å². The molecule has 3 rings (SSSR count). The Balaban J connectivity index is 1.64. The first-order chi connectivity index (χ1) is 12.1. The van der Waals surface area contributed by atoms with E-state index in [0.29, 0.717) is 0 Å². The Bertz CT molecular complexity index is 741. The molecule has 5 heteroatoms. The number of esters is 1. The van der Waals surface area contributed by atoms with Crippen LogP contribution >= 0.6 is 0 Å². The van der Waals surface area contributed by atoms with Crippen molar-refractivity contribution in [2.45, 2.75) is 12.8 Å². The van der Waals surface area contributed by atoms with E-state index in [-0.39, 0.29) is 25.0 Å². The third kappa shape index (κ3) is 3.50. The van der Waals surface area contributed by atoms with Crippen LogP contribution in [0.15, 0.2) is 48.5 Å². The minimum atomic E-state index is -0.530. The van der Waals surface area contributed by atoms with Gasteiger partial charge in [-0.25, -0.2) is 4.79 Å². The fourth-order valence-corrected chi connectivity index (χ4v) is 3.17. The molecule has 0 saturated carbocycles. The van der Waals surface area contributed by atoms with Crippen molar-refractivity contribution in [3.05, 3.63) is 59.7 Å². The van der Waals surface area contributed by atoms with Crippen molar-refractivity contribution in [3.8, 4) is 11.1 Å². The summed E-state index contributed by atoms with van der Waals surface area (Å²) in [6.07, 6.45) is -0.530. The molecule has 25 heavy (non-hydrogen) atoms. The maximum atomic E-state index is 12.0. The molecule has 0 fully saturated rings. The zero-order valence-electron chi connectivity index (χ0n) is 14.3. The molecule has 0 aromatic heterocycles. The monoisotopic (exact) mass is 339 g/mol. The number of benzene rings is 2. The number of nitrogens with one attached hydrogen (secondary N) is 1. The van der Waals surface area contributed by atoms with Crippen LogP contribution in [0.25, 0.3) is 11.1 Å². The number of rotatable bonds is 5. The van der Waals surface area contributed by atoms with Crippen molar-refractivity contribution >= 4 is 12.1 Å². The van der Waals surface area contributed by atoms with Crippen LogP contribution in [-0.2, 0) is 14.3 Å². The maximum absolute atomic E-state index is 12.0. The lowest BCUT2D eigenvalue weighted by Crippen LogP contribution is -2.33. The first-order valence-electron chi connectivity index (χ1n) is 8.28. The third-order valence-corrected chi connectivity index (χ3v) is 4.50. The minimum Gasteiger partial charge on any atom is -0.469 e. The summed E-state index contributed by atoms with van der Waals surface area (Å²) in [7, 11) is 1.33. The highest BCUT2D eigenvalue weighted by molar-refractivity contribution is 5.79. The number of hydrogen-bond donors (Lipinski definition) is 1. The van der Waals surface area contributed by atoms with E-state index in [9.17, 15) is 9.59 Å². The van der Waals surface area contributed by atoms with Crippen molar-refractivity contribution in [2.75, 3.05) is 20.3 Å². The first kappa shape index (κ1) is 17.0. The Morgan fingerprint density at radius 2 is 1.60 bits per heavy atom. The molecule has 1 amide bonds. The highest BCUT2D eigenvalue weighted by Gasteiger charge is 2.29. The second-order valence-electron chi connectivity index (χ2n) is 6.13. The molecule has 2 aromatic carbocycles. The largest absolute Gasteiger partial charge is 0.469 e. The number of hydrogen-bond acceptors (Lipinski definition) is 4.